The zero-order chi connectivity index (χ0) is 12.7. The molecule has 0 aliphatic heterocycles. The third kappa shape index (κ3) is 4.97. The van der Waals surface area contributed by atoms with Gasteiger partial charge in [-0.25, -0.2) is 9.97 Å². The summed E-state index contributed by atoms with van der Waals surface area (Å²) in [4.78, 5) is 8.34. The monoisotopic (exact) mass is 240 g/mol. The Balaban J connectivity index is 2.63. The van der Waals surface area contributed by atoms with E-state index < -0.39 is 0 Å². The summed E-state index contributed by atoms with van der Waals surface area (Å²) in [6.07, 6.45) is 1.64. The van der Waals surface area contributed by atoms with Crippen molar-refractivity contribution in [2.75, 3.05) is 24.8 Å². The summed E-state index contributed by atoms with van der Waals surface area (Å²) >= 11 is 0. The molecule has 0 aromatic carbocycles. The number of nitrogens with one attached hydrogen (secondary N) is 1. The van der Waals surface area contributed by atoms with Crippen LogP contribution in [0.4, 0.5) is 11.6 Å². The molecule has 1 aromatic rings. The Morgan fingerprint density at radius 3 is 2.94 bits per heavy atom. The number of aliphatic hydroxyl groups excluding tert-OH is 1. The molecule has 17 heavy (non-hydrogen) atoms. The maximum absolute atomic E-state index is 8.75. The van der Waals surface area contributed by atoms with Gasteiger partial charge in [0.25, 0.3) is 0 Å². The number of nitrogen functional groups attached to an aromatic ring is 1. The summed E-state index contributed by atoms with van der Waals surface area (Å²) in [7, 11) is 1.59. The highest BCUT2D eigenvalue weighted by atomic mass is 16.5. The average Bonchev–Trinajstić information content (AvgIpc) is 2.26. The van der Waals surface area contributed by atoms with Gasteiger partial charge < -0.3 is 20.9 Å². The van der Waals surface area contributed by atoms with Crippen molar-refractivity contribution in [3.8, 4) is 0 Å². The van der Waals surface area contributed by atoms with E-state index in [0.717, 1.165) is 12.8 Å². The molecule has 6 nitrogen and oxygen atoms in total. The number of aromatic nitrogens is 2. The van der Waals surface area contributed by atoms with E-state index in [4.69, 9.17) is 15.6 Å². The molecule has 0 saturated carbocycles. The molecule has 0 amide bonds. The molecule has 1 rings (SSSR count). The van der Waals surface area contributed by atoms with Gasteiger partial charge in [0.05, 0.1) is 0 Å². The number of hydrogen-bond donors (Lipinski definition) is 3. The third-order valence-electron chi connectivity index (χ3n) is 2.26. The van der Waals surface area contributed by atoms with Crippen LogP contribution in [0.15, 0.2) is 6.07 Å². The minimum atomic E-state index is 0.201. The second-order valence-electron chi connectivity index (χ2n) is 3.94. The summed E-state index contributed by atoms with van der Waals surface area (Å²) in [6.45, 7) is 2.57. The minimum Gasteiger partial charge on any atom is -0.396 e. The van der Waals surface area contributed by atoms with Crippen molar-refractivity contribution in [3.63, 3.8) is 0 Å². The molecule has 4 N–H and O–H groups in total. The summed E-state index contributed by atoms with van der Waals surface area (Å²) in [5, 5.41) is 12.0. The van der Waals surface area contributed by atoms with E-state index in [1.165, 1.54) is 0 Å². The third-order valence-corrected chi connectivity index (χ3v) is 2.26. The van der Waals surface area contributed by atoms with Crippen LogP contribution >= 0.6 is 0 Å². The highest BCUT2D eigenvalue weighted by Gasteiger charge is 2.06. The van der Waals surface area contributed by atoms with Crippen LogP contribution in [0.5, 0.6) is 0 Å². The lowest BCUT2D eigenvalue weighted by molar-refractivity contribution is 0.178. The van der Waals surface area contributed by atoms with Crippen LogP contribution in [0.3, 0.4) is 0 Å². The van der Waals surface area contributed by atoms with E-state index in [-0.39, 0.29) is 12.6 Å². The lowest BCUT2D eigenvalue weighted by Crippen LogP contribution is -2.17. The smallest absolute Gasteiger partial charge is 0.158 e. The van der Waals surface area contributed by atoms with Crippen LogP contribution in [0.25, 0.3) is 0 Å². The fourth-order valence-electron chi connectivity index (χ4n) is 1.51. The number of nitrogens with zero attached hydrogens (tertiary/aromatic N) is 2. The largest absolute Gasteiger partial charge is 0.396 e. The van der Waals surface area contributed by atoms with Crippen molar-refractivity contribution in [2.45, 2.75) is 32.4 Å². The van der Waals surface area contributed by atoms with Crippen molar-refractivity contribution in [2.24, 2.45) is 0 Å². The average molecular weight is 240 g/mol. The molecule has 0 saturated heterocycles. The van der Waals surface area contributed by atoms with Crippen molar-refractivity contribution in [1.82, 2.24) is 9.97 Å². The van der Waals surface area contributed by atoms with Gasteiger partial charge in [-0.05, 0) is 19.8 Å². The number of methoxy groups -OCH3 is 1. The second-order valence-corrected chi connectivity index (χ2v) is 3.94. The van der Waals surface area contributed by atoms with E-state index in [2.05, 4.69) is 15.3 Å². The van der Waals surface area contributed by atoms with Crippen LogP contribution in [0.1, 0.15) is 25.6 Å². The number of ether oxygens (including phenoxy) is 1. The predicted octanol–water partition coefficient (Wildman–Crippen LogP) is 0.778. The van der Waals surface area contributed by atoms with Gasteiger partial charge in [-0.3, -0.25) is 0 Å². The van der Waals surface area contributed by atoms with Crippen molar-refractivity contribution >= 4 is 11.6 Å². The molecule has 1 unspecified atom stereocenters. The van der Waals surface area contributed by atoms with E-state index in [9.17, 15) is 0 Å². The van der Waals surface area contributed by atoms with Gasteiger partial charge in [-0.2, -0.15) is 0 Å². The molecule has 0 aliphatic rings. The van der Waals surface area contributed by atoms with Crippen LogP contribution in [-0.2, 0) is 11.3 Å². The molecule has 1 aromatic heterocycles. The molecule has 0 fully saturated rings. The van der Waals surface area contributed by atoms with Crippen molar-refractivity contribution in [1.29, 1.82) is 0 Å². The predicted molar refractivity (Wildman–Crippen MR) is 66.6 cm³/mol. The molecular formula is C11H20N4O2. The van der Waals surface area contributed by atoms with Gasteiger partial charge in [0.1, 0.15) is 18.2 Å². The summed E-state index contributed by atoms with van der Waals surface area (Å²) in [5.41, 5.74) is 5.68. The zero-order valence-corrected chi connectivity index (χ0v) is 10.3. The Kier molecular flexibility index (Phi) is 5.65. The number of nitrogens with two attached hydrogens (primary N) is 1. The molecule has 0 bridgehead atoms. The molecule has 0 radical (unpaired) electrons. The highest BCUT2D eigenvalue weighted by Crippen LogP contribution is 2.11. The van der Waals surface area contributed by atoms with Crippen molar-refractivity contribution < 1.29 is 9.84 Å². The Labute approximate surface area is 101 Å². The van der Waals surface area contributed by atoms with E-state index in [1.54, 1.807) is 13.2 Å². The second kappa shape index (κ2) is 7.03. The standard InChI is InChI=1S/C11H20N4O2/c1-8(4-3-5-16)13-10-6-9(12)14-11(15-10)7-17-2/h6,8,16H,3-5,7H2,1-2H3,(H3,12,13,14,15). The minimum absolute atomic E-state index is 0.201. The topological polar surface area (TPSA) is 93.3 Å². The Hall–Kier alpha value is -1.40. The first-order chi connectivity index (χ1) is 8.15. The van der Waals surface area contributed by atoms with Gasteiger partial charge in [-0.15, -0.1) is 0 Å². The first-order valence-corrected chi connectivity index (χ1v) is 5.65. The fourth-order valence-corrected chi connectivity index (χ4v) is 1.51. The van der Waals surface area contributed by atoms with Gasteiger partial charge in [-0.1, -0.05) is 0 Å². The normalized spacial score (nSPS) is 12.4. The van der Waals surface area contributed by atoms with Gasteiger partial charge in [0.2, 0.25) is 0 Å². The quantitative estimate of drug-likeness (QED) is 0.652. The summed E-state index contributed by atoms with van der Waals surface area (Å²) < 4.78 is 4.97. The Bertz CT molecular complexity index is 346. The van der Waals surface area contributed by atoms with Crippen LogP contribution in [-0.4, -0.2) is 34.8 Å². The number of anilines is 2. The number of rotatable bonds is 7. The number of aliphatic hydroxyl groups is 1. The lowest BCUT2D eigenvalue weighted by Gasteiger charge is -2.14. The van der Waals surface area contributed by atoms with Gasteiger partial charge >= 0.3 is 0 Å². The molecule has 0 aliphatic carbocycles. The van der Waals surface area contributed by atoms with Gasteiger partial charge in [0.15, 0.2) is 5.82 Å². The molecule has 1 heterocycles. The van der Waals surface area contributed by atoms with Crippen LogP contribution < -0.4 is 11.1 Å². The van der Waals surface area contributed by atoms with Crippen LogP contribution in [0.2, 0.25) is 0 Å². The van der Waals surface area contributed by atoms with E-state index in [1.807, 2.05) is 6.92 Å². The van der Waals surface area contributed by atoms with Crippen LogP contribution in [0, 0.1) is 0 Å². The van der Waals surface area contributed by atoms with E-state index >= 15 is 0 Å². The number of hydrogen-bond acceptors (Lipinski definition) is 6. The maximum Gasteiger partial charge on any atom is 0.158 e. The zero-order valence-electron chi connectivity index (χ0n) is 10.3. The Morgan fingerprint density at radius 2 is 2.29 bits per heavy atom. The Morgan fingerprint density at radius 1 is 1.53 bits per heavy atom. The molecule has 0 spiro atoms. The van der Waals surface area contributed by atoms with Gasteiger partial charge in [0, 0.05) is 25.8 Å². The lowest BCUT2D eigenvalue weighted by atomic mass is 10.2. The molecule has 1 atom stereocenters. The summed E-state index contributed by atoms with van der Waals surface area (Å²) in [6, 6.07) is 1.92. The summed E-state index contributed by atoms with van der Waals surface area (Å²) in [5.74, 6) is 1.67. The maximum atomic E-state index is 8.75. The molecule has 96 valence electrons. The highest BCUT2D eigenvalue weighted by molar-refractivity contribution is 5.45. The molecule has 6 heteroatoms. The first kappa shape index (κ1) is 13.7. The van der Waals surface area contributed by atoms with Crippen molar-refractivity contribution in [3.05, 3.63) is 11.9 Å². The van der Waals surface area contributed by atoms with E-state index in [0.29, 0.717) is 24.1 Å². The SMILES string of the molecule is COCc1nc(N)cc(NC(C)CCCO)n1. The fraction of sp³-hybridized carbons (Fsp3) is 0.636. The first-order valence-electron chi connectivity index (χ1n) is 5.65. The molecular weight excluding hydrogens is 220 g/mol.